The van der Waals surface area contributed by atoms with Crippen molar-refractivity contribution in [3.8, 4) is 5.75 Å². The Morgan fingerprint density at radius 1 is 1.53 bits per heavy atom. The summed E-state index contributed by atoms with van der Waals surface area (Å²) in [5, 5.41) is 17.8. The Morgan fingerprint density at radius 3 is 2.80 bits per heavy atom. The van der Waals surface area contributed by atoms with E-state index in [1.54, 1.807) is 0 Å². The lowest BCUT2D eigenvalue weighted by Crippen LogP contribution is -1.95. The Kier molecular flexibility index (Phi) is 2.16. The quantitative estimate of drug-likeness (QED) is 0.576. The summed E-state index contributed by atoms with van der Waals surface area (Å²) < 4.78 is 9.22. The molecule has 0 saturated heterocycles. The summed E-state index contributed by atoms with van der Waals surface area (Å²) in [4.78, 5) is 10.2. The van der Waals surface area contributed by atoms with Crippen molar-refractivity contribution < 1.29 is 14.3 Å². The fraction of sp³-hybridized carbons (Fsp3) is 0.143. The molecule has 1 heterocycles. The van der Waals surface area contributed by atoms with Crippen LogP contribution in [0.3, 0.4) is 0 Å². The molecular weight excluding hydrogens is 226 g/mol. The number of methoxy groups -OCH3 is 1. The largest absolute Gasteiger partial charge is 0.490 e. The third-order valence-corrected chi connectivity index (χ3v) is 2.12. The number of aromatic nitrogens is 2. The average Bonchev–Trinajstić information content (AvgIpc) is 2.65. The summed E-state index contributed by atoms with van der Waals surface area (Å²) in [6.07, 6.45) is 0. The van der Waals surface area contributed by atoms with Crippen molar-refractivity contribution in [2.75, 3.05) is 7.11 Å². The minimum atomic E-state index is -0.623. The van der Waals surface area contributed by atoms with Crippen LogP contribution in [0, 0.1) is 10.1 Å². The van der Waals surface area contributed by atoms with Gasteiger partial charge in [-0.15, -0.1) is 0 Å². The number of nitro benzene ring substituents is 1. The highest BCUT2D eigenvalue weighted by Gasteiger charge is 2.25. The molecule has 2 aromatic rings. The van der Waals surface area contributed by atoms with Gasteiger partial charge in [0.2, 0.25) is 11.3 Å². The Labute approximate surface area is 87.7 Å². The number of fused-ring (bicyclic) bond motifs is 1. The van der Waals surface area contributed by atoms with Crippen LogP contribution >= 0.6 is 11.6 Å². The molecule has 0 aliphatic rings. The van der Waals surface area contributed by atoms with Crippen molar-refractivity contribution in [1.82, 2.24) is 10.3 Å². The van der Waals surface area contributed by atoms with Gasteiger partial charge in [-0.3, -0.25) is 10.1 Å². The van der Waals surface area contributed by atoms with Gasteiger partial charge in [0.05, 0.1) is 17.1 Å². The molecule has 0 saturated carbocycles. The summed E-state index contributed by atoms with van der Waals surface area (Å²) >= 11 is 5.79. The summed E-state index contributed by atoms with van der Waals surface area (Å²) in [7, 11) is 1.30. The molecule has 7 nitrogen and oxygen atoms in total. The molecule has 15 heavy (non-hydrogen) atoms. The van der Waals surface area contributed by atoms with Gasteiger partial charge in [-0.1, -0.05) is 11.6 Å². The molecule has 0 aliphatic heterocycles. The van der Waals surface area contributed by atoms with E-state index in [0.29, 0.717) is 0 Å². The zero-order valence-electron chi connectivity index (χ0n) is 7.43. The molecule has 0 atom stereocenters. The molecule has 0 amide bonds. The van der Waals surface area contributed by atoms with Crippen molar-refractivity contribution in [2.24, 2.45) is 0 Å². The number of halogens is 1. The molecule has 0 radical (unpaired) electrons. The van der Waals surface area contributed by atoms with Crippen molar-refractivity contribution in [1.29, 1.82) is 0 Å². The zero-order chi connectivity index (χ0) is 11.0. The van der Waals surface area contributed by atoms with Gasteiger partial charge < -0.3 is 4.74 Å². The Hall–Kier alpha value is -1.89. The van der Waals surface area contributed by atoms with Gasteiger partial charge in [-0.2, -0.15) is 0 Å². The third kappa shape index (κ3) is 1.37. The van der Waals surface area contributed by atoms with Crippen LogP contribution in [-0.4, -0.2) is 22.3 Å². The summed E-state index contributed by atoms with van der Waals surface area (Å²) in [5.41, 5.74) is -0.188. The molecule has 0 N–H and O–H groups in total. The maximum absolute atomic E-state index is 10.8. The van der Waals surface area contributed by atoms with Gasteiger partial charge in [0.1, 0.15) is 0 Å². The van der Waals surface area contributed by atoms with E-state index < -0.39 is 4.92 Å². The van der Waals surface area contributed by atoms with E-state index in [4.69, 9.17) is 16.3 Å². The fourth-order valence-corrected chi connectivity index (χ4v) is 1.42. The maximum Gasteiger partial charge on any atom is 0.342 e. The summed E-state index contributed by atoms with van der Waals surface area (Å²) in [5.74, 6) is 0.0215. The topological polar surface area (TPSA) is 91.3 Å². The first-order valence-corrected chi connectivity index (χ1v) is 4.16. The monoisotopic (exact) mass is 229 g/mol. The van der Waals surface area contributed by atoms with Gasteiger partial charge in [-0.05, 0) is 10.3 Å². The molecular formula is C7H4ClN3O4. The molecule has 0 fully saturated rings. The van der Waals surface area contributed by atoms with E-state index in [-0.39, 0.29) is 27.5 Å². The summed E-state index contributed by atoms with van der Waals surface area (Å²) in [6.45, 7) is 0. The minimum Gasteiger partial charge on any atom is -0.490 e. The van der Waals surface area contributed by atoms with Gasteiger partial charge in [0, 0.05) is 6.07 Å². The first kappa shape index (κ1) is 9.66. The number of nitro groups is 1. The van der Waals surface area contributed by atoms with E-state index >= 15 is 0 Å². The van der Waals surface area contributed by atoms with E-state index in [1.165, 1.54) is 13.2 Å². The van der Waals surface area contributed by atoms with Crippen LogP contribution in [0.5, 0.6) is 5.75 Å². The van der Waals surface area contributed by atoms with Gasteiger partial charge in [-0.25, -0.2) is 4.63 Å². The van der Waals surface area contributed by atoms with Crippen LogP contribution in [0.15, 0.2) is 10.7 Å². The molecule has 78 valence electrons. The SMILES string of the molecule is COc1cc(Cl)c2nonc2c1[N+](=O)[O-]. The number of hydrogen-bond acceptors (Lipinski definition) is 6. The second kappa shape index (κ2) is 3.35. The van der Waals surface area contributed by atoms with Gasteiger partial charge in [0.25, 0.3) is 0 Å². The Balaban J connectivity index is 2.89. The standard InChI is InChI=1S/C7H4ClN3O4/c1-14-4-2-3(8)5-6(10-15-9-5)7(4)11(12)13/h2H,1H3. The summed E-state index contributed by atoms with van der Waals surface area (Å²) in [6, 6.07) is 1.30. The van der Waals surface area contributed by atoms with Crippen LogP contribution < -0.4 is 4.74 Å². The van der Waals surface area contributed by atoms with E-state index in [1.807, 2.05) is 0 Å². The first-order valence-electron chi connectivity index (χ1n) is 3.78. The Morgan fingerprint density at radius 2 is 2.20 bits per heavy atom. The van der Waals surface area contributed by atoms with Crippen molar-refractivity contribution in [2.45, 2.75) is 0 Å². The number of nitrogens with zero attached hydrogens (tertiary/aromatic N) is 3. The number of hydrogen-bond donors (Lipinski definition) is 0. The lowest BCUT2D eigenvalue weighted by molar-refractivity contribution is -0.384. The number of rotatable bonds is 2. The Bertz CT molecular complexity index is 538. The molecule has 0 unspecified atom stereocenters. The zero-order valence-corrected chi connectivity index (χ0v) is 8.19. The predicted octanol–water partition coefficient (Wildman–Crippen LogP) is 1.79. The van der Waals surface area contributed by atoms with Crippen molar-refractivity contribution in [3.63, 3.8) is 0 Å². The smallest absolute Gasteiger partial charge is 0.342 e. The first-order chi connectivity index (χ1) is 7.15. The normalized spacial score (nSPS) is 10.5. The highest BCUT2D eigenvalue weighted by atomic mass is 35.5. The van der Waals surface area contributed by atoms with Gasteiger partial charge in [0.15, 0.2) is 5.52 Å². The van der Waals surface area contributed by atoms with E-state index in [2.05, 4.69) is 14.9 Å². The molecule has 1 aromatic carbocycles. The van der Waals surface area contributed by atoms with Crippen LogP contribution in [0.4, 0.5) is 5.69 Å². The average molecular weight is 230 g/mol. The maximum atomic E-state index is 10.8. The molecule has 2 rings (SSSR count). The van der Waals surface area contributed by atoms with Crippen LogP contribution in [0.1, 0.15) is 0 Å². The van der Waals surface area contributed by atoms with E-state index in [0.717, 1.165) is 0 Å². The molecule has 8 heteroatoms. The van der Waals surface area contributed by atoms with Gasteiger partial charge >= 0.3 is 5.69 Å². The second-order valence-corrected chi connectivity index (χ2v) is 3.04. The predicted molar refractivity (Wildman–Crippen MR) is 50.0 cm³/mol. The van der Waals surface area contributed by atoms with Crippen molar-refractivity contribution >= 4 is 28.3 Å². The fourth-order valence-electron chi connectivity index (χ4n) is 1.20. The lowest BCUT2D eigenvalue weighted by atomic mass is 10.2. The van der Waals surface area contributed by atoms with Crippen molar-refractivity contribution in [3.05, 3.63) is 21.2 Å². The second-order valence-electron chi connectivity index (χ2n) is 2.63. The van der Waals surface area contributed by atoms with Crippen LogP contribution in [-0.2, 0) is 0 Å². The number of ether oxygens (including phenoxy) is 1. The highest BCUT2D eigenvalue weighted by molar-refractivity contribution is 6.35. The van der Waals surface area contributed by atoms with E-state index in [9.17, 15) is 10.1 Å². The lowest BCUT2D eigenvalue weighted by Gasteiger charge is -2.01. The van der Waals surface area contributed by atoms with Crippen LogP contribution in [0.25, 0.3) is 11.0 Å². The van der Waals surface area contributed by atoms with Crippen LogP contribution in [0.2, 0.25) is 5.02 Å². The number of benzene rings is 1. The molecule has 0 bridgehead atoms. The third-order valence-electron chi connectivity index (χ3n) is 1.83. The molecule has 0 aliphatic carbocycles. The minimum absolute atomic E-state index is 0.0215. The highest BCUT2D eigenvalue weighted by Crippen LogP contribution is 2.37. The molecule has 0 spiro atoms. The molecule has 1 aromatic heterocycles.